The van der Waals surface area contributed by atoms with Gasteiger partial charge in [0.15, 0.2) is 5.71 Å². The Labute approximate surface area is 125 Å². The summed E-state index contributed by atoms with van der Waals surface area (Å²) in [7, 11) is 0. The van der Waals surface area contributed by atoms with Crippen LogP contribution in [0.15, 0.2) is 52.0 Å². The molecule has 2 N–H and O–H groups in total. The minimum absolute atomic E-state index is 0.197. The highest BCUT2D eigenvalue weighted by Gasteiger charge is 2.26. The lowest BCUT2D eigenvalue weighted by molar-refractivity contribution is -0.110. The molecule has 0 fully saturated rings. The van der Waals surface area contributed by atoms with Crippen molar-refractivity contribution in [2.24, 2.45) is 5.10 Å². The maximum Gasteiger partial charge on any atom is 0.276 e. The minimum atomic E-state index is -0.197. The predicted octanol–water partition coefficient (Wildman–Crippen LogP) is 3.53. The summed E-state index contributed by atoms with van der Waals surface area (Å²) in [5.74, 6) is -0.197. The number of anilines is 2. The topological polar surface area (TPSA) is 53.5 Å². The number of fused-ring (bicyclic) bond motifs is 1. The quantitative estimate of drug-likeness (QED) is 0.828. The van der Waals surface area contributed by atoms with E-state index in [-0.39, 0.29) is 5.91 Å². The second kappa shape index (κ2) is 5.09. The summed E-state index contributed by atoms with van der Waals surface area (Å²) >= 11 is 3.38. The summed E-state index contributed by atoms with van der Waals surface area (Å²) in [6.07, 6.45) is 0. The van der Waals surface area contributed by atoms with E-state index in [1.165, 1.54) is 5.56 Å². The molecule has 1 aliphatic rings. The molecule has 3 rings (SSSR count). The van der Waals surface area contributed by atoms with Crippen molar-refractivity contribution in [2.75, 3.05) is 10.7 Å². The predicted molar refractivity (Wildman–Crippen MR) is 84.1 cm³/mol. The lowest BCUT2D eigenvalue weighted by Gasteiger charge is -2.02. The van der Waals surface area contributed by atoms with Gasteiger partial charge >= 0.3 is 0 Å². The first-order chi connectivity index (χ1) is 9.63. The van der Waals surface area contributed by atoms with Gasteiger partial charge in [0.1, 0.15) is 0 Å². The Kier molecular flexibility index (Phi) is 3.28. The molecule has 4 nitrogen and oxygen atoms in total. The van der Waals surface area contributed by atoms with Crippen molar-refractivity contribution in [3.8, 4) is 0 Å². The van der Waals surface area contributed by atoms with Crippen LogP contribution in [0.3, 0.4) is 0 Å². The van der Waals surface area contributed by atoms with Gasteiger partial charge in [-0.1, -0.05) is 33.6 Å². The van der Waals surface area contributed by atoms with Gasteiger partial charge in [-0.25, -0.2) is 0 Å². The van der Waals surface area contributed by atoms with Crippen molar-refractivity contribution in [1.82, 2.24) is 0 Å². The summed E-state index contributed by atoms with van der Waals surface area (Å²) in [4.78, 5) is 11.9. The number of hydrogen-bond acceptors (Lipinski definition) is 3. The largest absolute Gasteiger partial charge is 0.320 e. The number of hydrogen-bond donors (Lipinski definition) is 2. The van der Waals surface area contributed by atoms with Crippen molar-refractivity contribution in [3.63, 3.8) is 0 Å². The Morgan fingerprint density at radius 1 is 1.15 bits per heavy atom. The first-order valence-corrected chi connectivity index (χ1v) is 6.94. The number of amides is 1. The number of rotatable bonds is 2. The highest BCUT2D eigenvalue weighted by Crippen LogP contribution is 2.27. The summed E-state index contributed by atoms with van der Waals surface area (Å²) in [6, 6.07) is 13.4. The molecule has 0 spiro atoms. The van der Waals surface area contributed by atoms with E-state index < -0.39 is 0 Å². The molecule has 100 valence electrons. The van der Waals surface area contributed by atoms with Gasteiger partial charge in [0, 0.05) is 10.0 Å². The second-order valence-electron chi connectivity index (χ2n) is 4.58. The van der Waals surface area contributed by atoms with Gasteiger partial charge < -0.3 is 5.32 Å². The van der Waals surface area contributed by atoms with E-state index in [2.05, 4.69) is 31.8 Å². The van der Waals surface area contributed by atoms with Crippen LogP contribution >= 0.6 is 15.9 Å². The number of hydrazone groups is 1. The van der Waals surface area contributed by atoms with E-state index in [1.807, 2.05) is 49.4 Å². The van der Waals surface area contributed by atoms with Crippen LogP contribution in [0.2, 0.25) is 0 Å². The molecule has 0 radical (unpaired) electrons. The van der Waals surface area contributed by atoms with Gasteiger partial charge in [0.25, 0.3) is 5.91 Å². The molecule has 0 atom stereocenters. The molecule has 0 saturated carbocycles. The van der Waals surface area contributed by atoms with Crippen LogP contribution in [0, 0.1) is 6.92 Å². The molecule has 0 aliphatic carbocycles. The van der Waals surface area contributed by atoms with Crippen LogP contribution in [-0.4, -0.2) is 11.6 Å². The third-order valence-electron chi connectivity index (χ3n) is 3.05. The fraction of sp³-hybridized carbons (Fsp3) is 0.0667. The van der Waals surface area contributed by atoms with Crippen molar-refractivity contribution >= 4 is 38.9 Å². The average molecular weight is 330 g/mol. The molecule has 1 heterocycles. The monoisotopic (exact) mass is 329 g/mol. The Morgan fingerprint density at radius 2 is 1.90 bits per heavy atom. The van der Waals surface area contributed by atoms with Gasteiger partial charge in [-0.05, 0) is 37.3 Å². The first-order valence-electron chi connectivity index (χ1n) is 6.15. The minimum Gasteiger partial charge on any atom is -0.320 e. The lowest BCUT2D eigenvalue weighted by atomic mass is 10.1. The van der Waals surface area contributed by atoms with Crippen molar-refractivity contribution in [3.05, 3.63) is 58.1 Å². The van der Waals surface area contributed by atoms with Crippen molar-refractivity contribution < 1.29 is 4.79 Å². The number of nitrogens with zero attached hydrogens (tertiary/aromatic N) is 1. The molecule has 20 heavy (non-hydrogen) atoms. The first kappa shape index (κ1) is 12.9. The standard InChI is InChI=1S/C15H12BrN3O/c1-9-2-5-11(6-3-9)18-19-14-12-7-4-10(16)8-13(12)17-15(14)20/h2-8,18H,1H3,(H,17,19,20). The third kappa shape index (κ3) is 2.44. The molecular weight excluding hydrogens is 318 g/mol. The fourth-order valence-electron chi connectivity index (χ4n) is 1.99. The smallest absolute Gasteiger partial charge is 0.276 e. The number of carbonyl (C=O) groups excluding carboxylic acids is 1. The molecule has 0 aromatic heterocycles. The van der Waals surface area contributed by atoms with E-state index in [0.29, 0.717) is 5.71 Å². The normalized spacial score (nSPS) is 15.1. The van der Waals surface area contributed by atoms with Crippen LogP contribution in [0.5, 0.6) is 0 Å². The lowest BCUT2D eigenvalue weighted by Crippen LogP contribution is -2.15. The van der Waals surface area contributed by atoms with Gasteiger partial charge in [-0.2, -0.15) is 5.10 Å². The Hall–Kier alpha value is -2.14. The average Bonchev–Trinajstić information content (AvgIpc) is 2.73. The number of benzene rings is 2. The zero-order chi connectivity index (χ0) is 14.1. The molecule has 0 bridgehead atoms. The number of halogens is 1. The Balaban J connectivity index is 1.89. The van der Waals surface area contributed by atoms with Crippen LogP contribution in [0.4, 0.5) is 11.4 Å². The molecule has 2 aromatic rings. The summed E-state index contributed by atoms with van der Waals surface area (Å²) in [5.41, 5.74) is 6.91. The van der Waals surface area contributed by atoms with Gasteiger partial charge in [-0.3, -0.25) is 10.2 Å². The SMILES string of the molecule is Cc1ccc(N/N=C2\C(=O)Nc3cc(Br)ccc32)cc1. The highest BCUT2D eigenvalue weighted by molar-refractivity contribution is 9.10. The van der Waals surface area contributed by atoms with Gasteiger partial charge in [-0.15, -0.1) is 0 Å². The molecule has 1 amide bonds. The summed E-state index contributed by atoms with van der Waals surface area (Å²) in [5, 5.41) is 7.01. The van der Waals surface area contributed by atoms with E-state index in [1.54, 1.807) is 0 Å². The molecule has 5 heteroatoms. The summed E-state index contributed by atoms with van der Waals surface area (Å²) in [6.45, 7) is 2.02. The highest BCUT2D eigenvalue weighted by atomic mass is 79.9. The number of carbonyl (C=O) groups is 1. The Bertz CT molecular complexity index is 708. The van der Waals surface area contributed by atoms with Crippen molar-refractivity contribution in [2.45, 2.75) is 6.92 Å². The zero-order valence-corrected chi connectivity index (χ0v) is 12.4. The molecule has 2 aromatic carbocycles. The number of nitrogens with one attached hydrogen (secondary N) is 2. The van der Waals surface area contributed by atoms with E-state index >= 15 is 0 Å². The fourth-order valence-corrected chi connectivity index (χ4v) is 2.35. The van der Waals surface area contributed by atoms with Crippen LogP contribution in [0.1, 0.15) is 11.1 Å². The van der Waals surface area contributed by atoms with Gasteiger partial charge in [0.2, 0.25) is 0 Å². The second-order valence-corrected chi connectivity index (χ2v) is 5.50. The third-order valence-corrected chi connectivity index (χ3v) is 3.54. The maximum atomic E-state index is 11.9. The maximum absolute atomic E-state index is 11.9. The zero-order valence-electron chi connectivity index (χ0n) is 10.8. The number of aryl methyl sites for hydroxylation is 1. The van der Waals surface area contributed by atoms with Crippen LogP contribution < -0.4 is 10.7 Å². The van der Waals surface area contributed by atoms with E-state index in [0.717, 1.165) is 21.4 Å². The molecule has 1 aliphatic heterocycles. The summed E-state index contributed by atoms with van der Waals surface area (Å²) < 4.78 is 0.921. The van der Waals surface area contributed by atoms with Gasteiger partial charge in [0.05, 0.1) is 11.4 Å². The Morgan fingerprint density at radius 3 is 2.65 bits per heavy atom. The van der Waals surface area contributed by atoms with Crippen molar-refractivity contribution in [1.29, 1.82) is 0 Å². The molecule has 0 saturated heterocycles. The van der Waals surface area contributed by atoms with E-state index in [4.69, 9.17) is 0 Å². The van der Waals surface area contributed by atoms with E-state index in [9.17, 15) is 4.79 Å². The molecular formula is C15H12BrN3O. The molecule has 0 unspecified atom stereocenters. The van der Waals surface area contributed by atoms with Crippen LogP contribution in [0.25, 0.3) is 0 Å². The van der Waals surface area contributed by atoms with Crippen LogP contribution in [-0.2, 0) is 4.79 Å².